The number of nitrogens with zero attached hydrogens (tertiary/aromatic N) is 1. The van der Waals surface area contributed by atoms with Crippen molar-refractivity contribution < 1.29 is 27.1 Å². The smallest absolute Gasteiger partial charge is 0.331 e. The molecule has 32 heavy (non-hydrogen) atoms. The zero-order valence-electron chi connectivity index (χ0n) is 17.7. The molecule has 2 aromatic carbocycles. The second-order valence-electron chi connectivity index (χ2n) is 7.49. The lowest BCUT2D eigenvalue weighted by Gasteiger charge is -2.26. The highest BCUT2D eigenvalue weighted by atomic mass is 32.2. The van der Waals surface area contributed by atoms with Crippen LogP contribution in [0, 0.1) is 12.7 Å². The van der Waals surface area contributed by atoms with Crippen LogP contribution in [0.3, 0.4) is 0 Å². The van der Waals surface area contributed by atoms with Crippen LogP contribution in [-0.4, -0.2) is 44.3 Å². The van der Waals surface area contributed by atoms with E-state index < -0.39 is 28.5 Å². The summed E-state index contributed by atoms with van der Waals surface area (Å²) in [6.07, 6.45) is 5.25. The van der Waals surface area contributed by atoms with Gasteiger partial charge in [-0.3, -0.25) is 4.79 Å². The molecule has 0 atom stereocenters. The number of aryl methyl sites for hydroxylation is 1. The Morgan fingerprint density at radius 3 is 2.47 bits per heavy atom. The Hall–Kier alpha value is -3.04. The third kappa shape index (κ3) is 6.24. The van der Waals surface area contributed by atoms with Crippen molar-refractivity contribution in [1.82, 2.24) is 4.31 Å². The average molecular weight is 461 g/mol. The van der Waals surface area contributed by atoms with Gasteiger partial charge in [-0.05, 0) is 61.2 Å². The van der Waals surface area contributed by atoms with E-state index >= 15 is 0 Å². The van der Waals surface area contributed by atoms with Crippen LogP contribution in [0.15, 0.2) is 53.4 Å². The molecule has 170 valence electrons. The van der Waals surface area contributed by atoms with Crippen molar-refractivity contribution in [2.24, 2.45) is 0 Å². The Labute approximate surface area is 186 Å². The molecule has 0 unspecified atom stereocenters. The quantitative estimate of drug-likeness (QED) is 0.504. The Bertz CT molecular complexity index is 1110. The van der Waals surface area contributed by atoms with Crippen molar-refractivity contribution >= 4 is 33.7 Å². The summed E-state index contributed by atoms with van der Waals surface area (Å²) in [7, 11) is -3.65. The van der Waals surface area contributed by atoms with Crippen molar-refractivity contribution in [3.63, 3.8) is 0 Å². The van der Waals surface area contributed by atoms with Crippen LogP contribution in [0.25, 0.3) is 6.08 Å². The van der Waals surface area contributed by atoms with Crippen LogP contribution in [0.2, 0.25) is 0 Å². The zero-order valence-corrected chi connectivity index (χ0v) is 18.5. The van der Waals surface area contributed by atoms with Crippen LogP contribution >= 0.6 is 0 Å². The van der Waals surface area contributed by atoms with Gasteiger partial charge in [-0.1, -0.05) is 24.6 Å². The molecule has 1 amide bonds. The summed E-state index contributed by atoms with van der Waals surface area (Å²) < 4.78 is 45.2. The summed E-state index contributed by atoms with van der Waals surface area (Å²) in [5, 5.41) is 2.56. The highest BCUT2D eigenvalue weighted by Crippen LogP contribution is 2.26. The lowest BCUT2D eigenvalue weighted by Crippen LogP contribution is -2.36. The number of amides is 1. The highest BCUT2D eigenvalue weighted by molar-refractivity contribution is 7.89. The van der Waals surface area contributed by atoms with Gasteiger partial charge in [-0.2, -0.15) is 4.31 Å². The predicted molar refractivity (Wildman–Crippen MR) is 119 cm³/mol. The van der Waals surface area contributed by atoms with E-state index in [0.717, 1.165) is 25.3 Å². The number of piperidine rings is 1. The molecule has 1 N–H and O–H groups in total. The number of hydrogen-bond donors (Lipinski definition) is 1. The third-order valence-electron chi connectivity index (χ3n) is 5.03. The maximum Gasteiger partial charge on any atom is 0.331 e. The second kappa shape index (κ2) is 10.5. The Kier molecular flexibility index (Phi) is 7.76. The summed E-state index contributed by atoms with van der Waals surface area (Å²) >= 11 is 0. The number of benzene rings is 2. The minimum absolute atomic E-state index is 0.149. The van der Waals surface area contributed by atoms with Gasteiger partial charge in [-0.25, -0.2) is 17.6 Å². The number of ether oxygens (including phenoxy) is 1. The summed E-state index contributed by atoms with van der Waals surface area (Å²) in [5.41, 5.74) is 1.50. The number of sulfonamides is 1. The molecule has 3 rings (SSSR count). The molecule has 1 saturated heterocycles. The van der Waals surface area contributed by atoms with Crippen LogP contribution in [0.5, 0.6) is 0 Å². The fourth-order valence-electron chi connectivity index (χ4n) is 3.32. The molecule has 1 aliphatic rings. The molecule has 0 aliphatic carbocycles. The van der Waals surface area contributed by atoms with Crippen LogP contribution < -0.4 is 5.32 Å². The molecule has 0 aromatic heterocycles. The molecule has 1 fully saturated rings. The summed E-state index contributed by atoms with van der Waals surface area (Å²) in [6, 6.07) is 10.2. The first-order valence-electron chi connectivity index (χ1n) is 10.3. The van der Waals surface area contributed by atoms with Gasteiger partial charge in [0.25, 0.3) is 5.91 Å². The standard InChI is InChI=1S/C23H25FN2O5S/c1-17-5-11-20(15-21(17)32(29,30)26-13-3-2-4-14-26)25-22(27)16-31-23(28)12-8-18-6-9-19(24)10-7-18/h5-12,15H,2-4,13-14,16H2,1H3,(H,25,27)/b12-8+. The van der Waals surface area contributed by atoms with E-state index in [1.54, 1.807) is 19.1 Å². The van der Waals surface area contributed by atoms with Crippen molar-refractivity contribution in [2.45, 2.75) is 31.1 Å². The molecule has 9 heteroatoms. The van der Waals surface area contributed by atoms with E-state index in [0.29, 0.717) is 29.9 Å². The lowest BCUT2D eigenvalue weighted by molar-refractivity contribution is -0.142. The number of carbonyl (C=O) groups excluding carboxylic acids is 2. The first-order chi connectivity index (χ1) is 15.3. The van der Waals surface area contributed by atoms with Gasteiger partial charge in [0.15, 0.2) is 6.61 Å². The van der Waals surface area contributed by atoms with Crippen LogP contribution in [-0.2, 0) is 24.3 Å². The highest BCUT2D eigenvalue weighted by Gasteiger charge is 2.27. The average Bonchev–Trinajstić information content (AvgIpc) is 2.79. The number of halogens is 1. The van der Waals surface area contributed by atoms with Gasteiger partial charge in [0.05, 0.1) is 4.90 Å². The van der Waals surface area contributed by atoms with E-state index in [2.05, 4.69) is 5.32 Å². The van der Waals surface area contributed by atoms with E-state index in [-0.39, 0.29) is 10.7 Å². The summed E-state index contributed by atoms with van der Waals surface area (Å²) in [5.74, 6) is -1.72. The predicted octanol–water partition coefficient (Wildman–Crippen LogP) is 3.50. The Morgan fingerprint density at radius 1 is 1.09 bits per heavy atom. The first kappa shape index (κ1) is 23.6. The van der Waals surface area contributed by atoms with Crippen molar-refractivity contribution in [3.05, 3.63) is 65.5 Å². The van der Waals surface area contributed by atoms with Crippen molar-refractivity contribution in [1.29, 1.82) is 0 Å². The number of anilines is 1. The van der Waals surface area contributed by atoms with Gasteiger partial charge in [0.1, 0.15) is 5.82 Å². The molecule has 0 saturated carbocycles. The van der Waals surface area contributed by atoms with Crippen LogP contribution in [0.4, 0.5) is 10.1 Å². The van der Waals surface area contributed by atoms with Gasteiger partial charge in [0, 0.05) is 24.9 Å². The Balaban J connectivity index is 1.58. The molecule has 0 spiro atoms. The maximum atomic E-state index is 13.0. The maximum absolute atomic E-state index is 13.0. The SMILES string of the molecule is Cc1ccc(NC(=O)COC(=O)/C=C/c2ccc(F)cc2)cc1S(=O)(=O)N1CCCCC1. The normalized spacial score (nSPS) is 14.9. The van der Waals surface area contributed by atoms with Crippen LogP contribution in [0.1, 0.15) is 30.4 Å². The second-order valence-corrected chi connectivity index (χ2v) is 9.39. The minimum Gasteiger partial charge on any atom is -0.452 e. The minimum atomic E-state index is -3.65. The van der Waals surface area contributed by atoms with E-state index in [1.165, 1.54) is 40.7 Å². The zero-order chi connectivity index (χ0) is 23.1. The van der Waals surface area contributed by atoms with Gasteiger partial charge < -0.3 is 10.1 Å². The van der Waals surface area contributed by atoms with Gasteiger partial charge in [0.2, 0.25) is 10.0 Å². The molecular weight excluding hydrogens is 435 g/mol. The Morgan fingerprint density at radius 2 is 1.78 bits per heavy atom. The fraction of sp³-hybridized carbons (Fsp3) is 0.304. The number of carbonyl (C=O) groups is 2. The van der Waals surface area contributed by atoms with E-state index in [1.807, 2.05) is 0 Å². The largest absolute Gasteiger partial charge is 0.452 e. The lowest BCUT2D eigenvalue weighted by atomic mass is 10.2. The summed E-state index contributed by atoms with van der Waals surface area (Å²) in [4.78, 5) is 24.1. The molecule has 0 radical (unpaired) electrons. The topological polar surface area (TPSA) is 92.8 Å². The molecule has 2 aromatic rings. The van der Waals surface area contributed by atoms with Crippen molar-refractivity contribution in [3.8, 4) is 0 Å². The van der Waals surface area contributed by atoms with E-state index in [9.17, 15) is 22.4 Å². The molecule has 1 heterocycles. The number of rotatable bonds is 7. The molecule has 7 nitrogen and oxygen atoms in total. The number of hydrogen-bond acceptors (Lipinski definition) is 5. The number of nitrogens with one attached hydrogen (secondary N) is 1. The molecule has 0 bridgehead atoms. The van der Waals surface area contributed by atoms with E-state index in [4.69, 9.17) is 4.74 Å². The monoisotopic (exact) mass is 460 g/mol. The number of esters is 1. The van der Waals surface area contributed by atoms with Gasteiger partial charge in [-0.15, -0.1) is 0 Å². The van der Waals surface area contributed by atoms with Gasteiger partial charge >= 0.3 is 5.97 Å². The first-order valence-corrected chi connectivity index (χ1v) is 11.7. The molecule has 1 aliphatic heterocycles. The third-order valence-corrected chi connectivity index (χ3v) is 7.07. The molecular formula is C23H25FN2O5S. The fourth-order valence-corrected chi connectivity index (χ4v) is 5.09. The van der Waals surface area contributed by atoms with Crippen molar-refractivity contribution in [2.75, 3.05) is 25.0 Å². The summed E-state index contributed by atoms with van der Waals surface area (Å²) in [6.45, 7) is 2.14.